The molecule has 0 aliphatic rings. The summed E-state index contributed by atoms with van der Waals surface area (Å²) in [5, 5.41) is 11.1. The lowest BCUT2D eigenvalue weighted by atomic mass is 9.83. The lowest BCUT2D eigenvalue weighted by Crippen LogP contribution is -2.11. The van der Waals surface area contributed by atoms with E-state index in [2.05, 4.69) is 6.07 Å². The Balaban J connectivity index is 2.14. The zero-order valence-electron chi connectivity index (χ0n) is 15.4. The van der Waals surface area contributed by atoms with Crippen molar-refractivity contribution in [1.29, 1.82) is 5.26 Å². The van der Waals surface area contributed by atoms with E-state index < -0.39 is 0 Å². The van der Waals surface area contributed by atoms with Gasteiger partial charge < -0.3 is 11.5 Å². The Morgan fingerprint density at radius 3 is 2.29 bits per heavy atom. The predicted octanol–water partition coefficient (Wildman–Crippen LogP) is 5.85. The molecule has 0 aliphatic heterocycles. The number of halogens is 1. The SMILES string of the molecule is Cc1ccccc1C(/C(C#N)=C(/N)Sc1ccccc1N)c1ccc(Cl)cc1. The first-order valence-corrected chi connectivity index (χ1v) is 9.93. The third-order valence-electron chi connectivity index (χ3n) is 4.52. The van der Waals surface area contributed by atoms with Gasteiger partial charge in [0.25, 0.3) is 0 Å². The van der Waals surface area contributed by atoms with E-state index in [0.29, 0.717) is 21.3 Å². The maximum absolute atomic E-state index is 10.0. The van der Waals surface area contributed by atoms with Gasteiger partial charge in [-0.3, -0.25) is 0 Å². The van der Waals surface area contributed by atoms with Crippen molar-refractivity contribution < 1.29 is 0 Å². The number of rotatable bonds is 5. The highest BCUT2D eigenvalue weighted by Gasteiger charge is 2.24. The molecule has 1 atom stereocenters. The first-order chi connectivity index (χ1) is 13.5. The molecule has 0 aliphatic carbocycles. The van der Waals surface area contributed by atoms with Gasteiger partial charge in [0.1, 0.15) is 0 Å². The minimum absolute atomic E-state index is 0.291. The molecule has 1 unspecified atom stereocenters. The van der Waals surface area contributed by atoms with Gasteiger partial charge in [-0.25, -0.2) is 0 Å². The first-order valence-electron chi connectivity index (χ1n) is 8.74. The quantitative estimate of drug-likeness (QED) is 0.317. The molecular formula is C23H20ClN3S. The fraction of sp³-hybridized carbons (Fsp3) is 0.0870. The zero-order chi connectivity index (χ0) is 20.1. The third kappa shape index (κ3) is 4.33. The van der Waals surface area contributed by atoms with Crippen LogP contribution in [-0.4, -0.2) is 0 Å². The largest absolute Gasteiger partial charge is 0.398 e. The van der Waals surface area contributed by atoms with Crippen LogP contribution in [0, 0.1) is 18.3 Å². The molecule has 3 rings (SSSR count). The van der Waals surface area contributed by atoms with Crippen molar-refractivity contribution in [2.24, 2.45) is 5.73 Å². The number of allylic oxidation sites excluding steroid dienone is 1. The van der Waals surface area contributed by atoms with Crippen molar-refractivity contribution in [2.75, 3.05) is 5.73 Å². The number of para-hydroxylation sites is 1. The number of nitrogen functional groups attached to an aromatic ring is 1. The summed E-state index contributed by atoms with van der Waals surface area (Å²) < 4.78 is 0. The van der Waals surface area contributed by atoms with Crippen LogP contribution < -0.4 is 11.5 Å². The lowest BCUT2D eigenvalue weighted by Gasteiger charge is -2.21. The van der Waals surface area contributed by atoms with Crippen molar-refractivity contribution in [1.82, 2.24) is 0 Å². The lowest BCUT2D eigenvalue weighted by molar-refractivity contribution is 0.957. The Bertz CT molecular complexity index is 1050. The van der Waals surface area contributed by atoms with E-state index in [9.17, 15) is 5.26 Å². The van der Waals surface area contributed by atoms with Crippen molar-refractivity contribution >= 4 is 29.1 Å². The third-order valence-corrected chi connectivity index (χ3v) is 5.80. The Morgan fingerprint density at radius 2 is 1.64 bits per heavy atom. The Labute approximate surface area is 174 Å². The number of nitrogens with two attached hydrogens (primary N) is 2. The fourth-order valence-corrected chi connectivity index (χ4v) is 4.05. The van der Waals surface area contributed by atoms with Crippen LogP contribution in [0.1, 0.15) is 22.6 Å². The van der Waals surface area contributed by atoms with Crippen LogP contribution in [0.3, 0.4) is 0 Å². The summed E-state index contributed by atoms with van der Waals surface area (Å²) in [7, 11) is 0. The van der Waals surface area contributed by atoms with Crippen LogP contribution in [0.25, 0.3) is 0 Å². The minimum atomic E-state index is -0.291. The van der Waals surface area contributed by atoms with E-state index in [4.69, 9.17) is 23.1 Å². The molecule has 3 aromatic carbocycles. The normalized spacial score (nSPS) is 12.8. The molecular weight excluding hydrogens is 386 g/mol. The number of nitriles is 1. The first kappa shape index (κ1) is 19.9. The van der Waals surface area contributed by atoms with E-state index in [1.807, 2.05) is 79.7 Å². The molecule has 5 heteroatoms. The summed E-state index contributed by atoms with van der Waals surface area (Å²) in [6.45, 7) is 2.03. The number of benzene rings is 3. The smallest absolute Gasteiger partial charge is 0.0984 e. The van der Waals surface area contributed by atoms with Crippen LogP contribution >= 0.6 is 23.4 Å². The van der Waals surface area contributed by atoms with E-state index in [-0.39, 0.29) is 5.92 Å². The number of nitrogens with zero attached hydrogens (tertiary/aromatic N) is 1. The maximum Gasteiger partial charge on any atom is 0.0984 e. The second-order valence-corrected chi connectivity index (χ2v) is 7.89. The molecule has 4 N–H and O–H groups in total. The number of hydrogen-bond acceptors (Lipinski definition) is 4. The molecule has 3 aromatic rings. The molecule has 0 spiro atoms. The molecule has 0 saturated heterocycles. The van der Waals surface area contributed by atoms with Gasteiger partial charge >= 0.3 is 0 Å². The molecule has 0 aromatic heterocycles. The molecule has 140 valence electrons. The average molecular weight is 406 g/mol. The summed E-state index contributed by atoms with van der Waals surface area (Å²) >= 11 is 7.39. The highest BCUT2D eigenvalue weighted by molar-refractivity contribution is 8.03. The number of thioether (sulfide) groups is 1. The van der Waals surface area contributed by atoms with Crippen LogP contribution in [0.2, 0.25) is 5.02 Å². The molecule has 3 nitrogen and oxygen atoms in total. The summed E-state index contributed by atoms with van der Waals surface area (Å²) in [6, 6.07) is 25.4. The van der Waals surface area contributed by atoms with Crippen molar-refractivity contribution in [3.8, 4) is 6.07 Å². The average Bonchev–Trinajstić information content (AvgIpc) is 2.69. The molecule has 0 fully saturated rings. The van der Waals surface area contributed by atoms with Gasteiger partial charge in [0.15, 0.2) is 0 Å². The molecule has 0 saturated carbocycles. The van der Waals surface area contributed by atoms with Gasteiger partial charge in [0.05, 0.1) is 16.7 Å². The van der Waals surface area contributed by atoms with Gasteiger partial charge in [-0.2, -0.15) is 5.26 Å². The highest BCUT2D eigenvalue weighted by atomic mass is 35.5. The fourth-order valence-electron chi connectivity index (χ4n) is 3.08. The maximum atomic E-state index is 10.0. The molecule has 0 bridgehead atoms. The van der Waals surface area contributed by atoms with E-state index in [1.54, 1.807) is 0 Å². The Kier molecular flexibility index (Phi) is 6.30. The van der Waals surface area contributed by atoms with Crippen molar-refractivity contribution in [2.45, 2.75) is 17.7 Å². The molecule has 0 amide bonds. The van der Waals surface area contributed by atoms with Gasteiger partial charge in [0, 0.05) is 21.5 Å². The number of hydrogen-bond donors (Lipinski definition) is 2. The Hall–Kier alpha value is -2.87. The van der Waals surface area contributed by atoms with Crippen molar-refractivity contribution in [3.63, 3.8) is 0 Å². The summed E-state index contributed by atoms with van der Waals surface area (Å²) in [5.74, 6) is -0.291. The molecule has 28 heavy (non-hydrogen) atoms. The van der Waals surface area contributed by atoms with E-state index in [0.717, 1.165) is 21.6 Å². The van der Waals surface area contributed by atoms with Crippen LogP contribution in [-0.2, 0) is 0 Å². The minimum Gasteiger partial charge on any atom is -0.398 e. The molecule has 0 radical (unpaired) electrons. The van der Waals surface area contributed by atoms with Crippen molar-refractivity contribution in [3.05, 3.63) is 105 Å². The van der Waals surface area contributed by atoms with E-state index in [1.165, 1.54) is 11.8 Å². The van der Waals surface area contributed by atoms with Gasteiger partial charge in [-0.05, 0) is 47.9 Å². The standard InChI is InChI=1S/C23H20ClN3S/c1-15-6-2-3-7-18(15)22(16-10-12-17(24)13-11-16)19(14-25)23(27)28-21-9-5-4-8-20(21)26/h2-13,22H,26-27H2,1H3/b23-19-. The topological polar surface area (TPSA) is 75.8 Å². The number of anilines is 1. The second kappa shape index (κ2) is 8.88. The summed E-state index contributed by atoms with van der Waals surface area (Å²) in [5.41, 5.74) is 16.7. The van der Waals surface area contributed by atoms with Crippen LogP contribution in [0.5, 0.6) is 0 Å². The summed E-state index contributed by atoms with van der Waals surface area (Å²) in [4.78, 5) is 0.826. The van der Waals surface area contributed by atoms with Gasteiger partial charge in [0.2, 0.25) is 0 Å². The second-order valence-electron chi connectivity index (χ2n) is 6.37. The van der Waals surface area contributed by atoms with E-state index >= 15 is 0 Å². The number of aryl methyl sites for hydroxylation is 1. The van der Waals surface area contributed by atoms with Gasteiger partial charge in [-0.1, -0.05) is 71.9 Å². The zero-order valence-corrected chi connectivity index (χ0v) is 17.0. The predicted molar refractivity (Wildman–Crippen MR) is 118 cm³/mol. The Morgan fingerprint density at radius 1 is 1.00 bits per heavy atom. The molecule has 0 heterocycles. The summed E-state index contributed by atoms with van der Waals surface area (Å²) in [6.07, 6.45) is 0. The van der Waals surface area contributed by atoms with Gasteiger partial charge in [-0.15, -0.1) is 0 Å². The van der Waals surface area contributed by atoms with Crippen LogP contribution in [0.15, 0.2) is 88.3 Å². The van der Waals surface area contributed by atoms with Crippen LogP contribution in [0.4, 0.5) is 5.69 Å². The highest BCUT2D eigenvalue weighted by Crippen LogP contribution is 2.39. The monoisotopic (exact) mass is 405 g/mol.